The lowest BCUT2D eigenvalue weighted by Gasteiger charge is -2.18. The number of hydrogen-bond acceptors (Lipinski definition) is 3. The molecule has 1 aromatic carbocycles. The highest BCUT2D eigenvalue weighted by atomic mass is 16.4. The predicted octanol–water partition coefficient (Wildman–Crippen LogP) is 2.97. The first kappa shape index (κ1) is 16.4. The minimum Gasteiger partial charge on any atom is -0.480 e. The van der Waals surface area contributed by atoms with Crippen molar-refractivity contribution >= 4 is 11.8 Å². The Morgan fingerprint density at radius 2 is 1.80 bits per heavy atom. The molecule has 4 heteroatoms. The van der Waals surface area contributed by atoms with Gasteiger partial charge in [-0.1, -0.05) is 38.1 Å². The number of carbonyl (C=O) groups is 2. The van der Waals surface area contributed by atoms with Gasteiger partial charge in [-0.2, -0.15) is 0 Å². The number of hydrogen-bond donors (Lipinski definition) is 2. The Morgan fingerprint density at radius 1 is 1.25 bits per heavy atom. The number of aliphatic carboxylic acids is 1. The molecule has 2 unspecified atom stereocenters. The fourth-order valence-electron chi connectivity index (χ4n) is 2.54. The Balaban J connectivity index is 0.000000956. The highest BCUT2D eigenvalue weighted by molar-refractivity contribution is 5.94. The van der Waals surface area contributed by atoms with Crippen molar-refractivity contribution < 1.29 is 14.7 Å². The maximum Gasteiger partial charge on any atom is 0.323 e. The molecule has 2 atom stereocenters. The van der Waals surface area contributed by atoms with Crippen molar-refractivity contribution in [2.24, 2.45) is 5.73 Å². The normalized spacial score (nSPS) is 24.7. The quantitative estimate of drug-likeness (QED) is 0.832. The van der Waals surface area contributed by atoms with Crippen molar-refractivity contribution in [1.82, 2.24) is 0 Å². The van der Waals surface area contributed by atoms with E-state index in [1.165, 1.54) is 6.92 Å². The maximum atomic E-state index is 11.2. The van der Waals surface area contributed by atoms with Gasteiger partial charge in [0.2, 0.25) is 0 Å². The SMILES string of the molecule is CC.CC(=O)c1ccc(C2CCC(N)(C(=O)O)C2)cc1. The van der Waals surface area contributed by atoms with E-state index >= 15 is 0 Å². The molecule has 1 aromatic rings. The molecule has 2 rings (SSSR count). The van der Waals surface area contributed by atoms with Gasteiger partial charge >= 0.3 is 5.97 Å². The van der Waals surface area contributed by atoms with Gasteiger partial charge in [0.15, 0.2) is 5.78 Å². The molecule has 20 heavy (non-hydrogen) atoms. The summed E-state index contributed by atoms with van der Waals surface area (Å²) in [5.41, 5.74) is 6.50. The van der Waals surface area contributed by atoms with Gasteiger partial charge in [-0.05, 0) is 37.7 Å². The van der Waals surface area contributed by atoms with Gasteiger partial charge in [0.05, 0.1) is 0 Å². The van der Waals surface area contributed by atoms with E-state index in [1.54, 1.807) is 12.1 Å². The zero-order valence-corrected chi connectivity index (χ0v) is 12.3. The van der Waals surface area contributed by atoms with Crippen LogP contribution in [0.25, 0.3) is 0 Å². The molecule has 0 spiro atoms. The number of carbonyl (C=O) groups excluding carboxylic acids is 1. The maximum absolute atomic E-state index is 11.2. The van der Waals surface area contributed by atoms with Crippen molar-refractivity contribution in [2.75, 3.05) is 0 Å². The third-order valence-corrected chi connectivity index (χ3v) is 3.76. The van der Waals surface area contributed by atoms with E-state index in [9.17, 15) is 9.59 Å². The van der Waals surface area contributed by atoms with E-state index in [4.69, 9.17) is 10.8 Å². The molecular weight excluding hydrogens is 254 g/mol. The first-order valence-electron chi connectivity index (χ1n) is 7.05. The number of carboxylic acids is 1. The zero-order chi connectivity index (χ0) is 15.3. The van der Waals surface area contributed by atoms with Gasteiger partial charge in [-0.15, -0.1) is 0 Å². The first-order valence-corrected chi connectivity index (χ1v) is 7.05. The average molecular weight is 277 g/mol. The van der Waals surface area contributed by atoms with Crippen LogP contribution in [-0.4, -0.2) is 22.4 Å². The first-order chi connectivity index (χ1) is 9.42. The molecule has 0 saturated heterocycles. The Hall–Kier alpha value is -1.68. The second kappa shape index (κ2) is 6.66. The van der Waals surface area contributed by atoms with E-state index in [-0.39, 0.29) is 11.7 Å². The van der Waals surface area contributed by atoms with Crippen molar-refractivity contribution in [2.45, 2.75) is 51.5 Å². The van der Waals surface area contributed by atoms with Crippen LogP contribution < -0.4 is 5.73 Å². The molecule has 1 saturated carbocycles. The van der Waals surface area contributed by atoms with Crippen LogP contribution in [0, 0.1) is 0 Å². The predicted molar refractivity (Wildman–Crippen MR) is 78.9 cm³/mol. The summed E-state index contributed by atoms with van der Waals surface area (Å²) in [6, 6.07) is 7.37. The summed E-state index contributed by atoms with van der Waals surface area (Å²) < 4.78 is 0. The Kier molecular flexibility index (Phi) is 5.45. The number of nitrogens with two attached hydrogens (primary N) is 1. The number of Topliss-reactive ketones (excluding diaryl/α,β-unsaturated/α-hetero) is 1. The fraction of sp³-hybridized carbons (Fsp3) is 0.500. The molecule has 0 amide bonds. The van der Waals surface area contributed by atoms with Crippen molar-refractivity contribution in [3.8, 4) is 0 Å². The summed E-state index contributed by atoms with van der Waals surface area (Å²) in [6.07, 6.45) is 1.74. The van der Waals surface area contributed by atoms with Crippen molar-refractivity contribution in [3.05, 3.63) is 35.4 Å². The van der Waals surface area contributed by atoms with Crippen LogP contribution >= 0.6 is 0 Å². The van der Waals surface area contributed by atoms with Gasteiger partial charge in [-0.25, -0.2) is 0 Å². The fourth-order valence-corrected chi connectivity index (χ4v) is 2.54. The standard InChI is InChI=1S/C14H17NO3.C2H6/c1-9(16)10-2-4-11(5-3-10)12-6-7-14(15,8-12)13(17)18;1-2/h2-5,12H,6-8,15H2,1H3,(H,17,18);1-2H3. The van der Waals surface area contributed by atoms with Gasteiger partial charge in [-0.3, -0.25) is 9.59 Å². The van der Waals surface area contributed by atoms with E-state index in [1.807, 2.05) is 26.0 Å². The van der Waals surface area contributed by atoms with E-state index in [2.05, 4.69) is 0 Å². The van der Waals surface area contributed by atoms with Crippen LogP contribution in [-0.2, 0) is 4.79 Å². The molecular formula is C16H23NO3. The van der Waals surface area contributed by atoms with Gasteiger partial charge in [0, 0.05) is 5.56 Å². The van der Waals surface area contributed by atoms with Crippen LogP contribution in [0.4, 0.5) is 0 Å². The summed E-state index contributed by atoms with van der Waals surface area (Å²) >= 11 is 0. The molecule has 0 radical (unpaired) electrons. The Bertz CT molecular complexity index is 481. The number of benzene rings is 1. The summed E-state index contributed by atoms with van der Waals surface area (Å²) in [5.74, 6) is -0.718. The monoisotopic (exact) mass is 277 g/mol. The van der Waals surface area contributed by atoms with Gasteiger partial charge in [0.25, 0.3) is 0 Å². The molecule has 1 aliphatic carbocycles. The highest BCUT2D eigenvalue weighted by Gasteiger charge is 2.42. The van der Waals surface area contributed by atoms with Crippen molar-refractivity contribution in [3.63, 3.8) is 0 Å². The second-order valence-corrected chi connectivity index (χ2v) is 5.08. The minimum absolute atomic E-state index is 0.0340. The number of rotatable bonds is 3. The Labute approximate surface area is 120 Å². The second-order valence-electron chi connectivity index (χ2n) is 5.08. The van der Waals surface area contributed by atoms with Gasteiger partial charge in [0.1, 0.15) is 5.54 Å². The molecule has 4 nitrogen and oxygen atoms in total. The molecule has 1 fully saturated rings. The number of carboxylic acid groups (broad SMARTS) is 1. The molecule has 110 valence electrons. The van der Waals surface area contributed by atoms with E-state index in [0.29, 0.717) is 18.4 Å². The summed E-state index contributed by atoms with van der Waals surface area (Å²) in [7, 11) is 0. The molecule has 0 heterocycles. The lowest BCUT2D eigenvalue weighted by Crippen LogP contribution is -2.45. The highest BCUT2D eigenvalue weighted by Crippen LogP contribution is 2.39. The third-order valence-electron chi connectivity index (χ3n) is 3.76. The molecule has 0 aliphatic heterocycles. The smallest absolute Gasteiger partial charge is 0.323 e. The number of ketones is 1. The summed E-state index contributed by atoms with van der Waals surface area (Å²) in [5, 5.41) is 9.08. The van der Waals surface area contributed by atoms with Gasteiger partial charge < -0.3 is 10.8 Å². The summed E-state index contributed by atoms with van der Waals surface area (Å²) in [4.78, 5) is 22.2. The third kappa shape index (κ3) is 3.45. The molecule has 0 bridgehead atoms. The van der Waals surface area contributed by atoms with Crippen LogP contribution in [0.2, 0.25) is 0 Å². The minimum atomic E-state index is -1.09. The van der Waals surface area contributed by atoms with Crippen molar-refractivity contribution in [1.29, 1.82) is 0 Å². The molecule has 1 aliphatic rings. The molecule has 0 aromatic heterocycles. The Morgan fingerprint density at radius 3 is 2.20 bits per heavy atom. The van der Waals surface area contributed by atoms with Crippen LogP contribution in [0.3, 0.4) is 0 Å². The van der Waals surface area contributed by atoms with Crippen LogP contribution in [0.5, 0.6) is 0 Å². The molecule has 3 N–H and O–H groups in total. The summed E-state index contributed by atoms with van der Waals surface area (Å²) in [6.45, 7) is 5.53. The average Bonchev–Trinajstić information content (AvgIpc) is 2.85. The van der Waals surface area contributed by atoms with E-state index in [0.717, 1.165) is 12.0 Å². The van der Waals surface area contributed by atoms with E-state index < -0.39 is 11.5 Å². The zero-order valence-electron chi connectivity index (χ0n) is 12.3. The topological polar surface area (TPSA) is 80.4 Å². The lowest BCUT2D eigenvalue weighted by molar-refractivity contribution is -0.143. The largest absolute Gasteiger partial charge is 0.480 e. The van der Waals surface area contributed by atoms with Crippen LogP contribution in [0.15, 0.2) is 24.3 Å². The van der Waals surface area contributed by atoms with Crippen LogP contribution in [0.1, 0.15) is 61.9 Å². The lowest BCUT2D eigenvalue weighted by atomic mass is 9.92.